The van der Waals surface area contributed by atoms with Crippen molar-refractivity contribution < 1.29 is 14.3 Å². The number of carbonyl (C=O) groups excluding carboxylic acids is 1. The molecular formula is C12H14O3. The minimum atomic E-state index is -0.277. The second-order valence-electron chi connectivity index (χ2n) is 3.57. The number of hydrogen-bond acceptors (Lipinski definition) is 3. The monoisotopic (exact) mass is 206 g/mol. The van der Waals surface area contributed by atoms with E-state index in [1.165, 1.54) is 0 Å². The van der Waals surface area contributed by atoms with Crippen LogP contribution in [0.5, 0.6) is 5.75 Å². The molecule has 1 aromatic carbocycles. The van der Waals surface area contributed by atoms with Gasteiger partial charge in [-0.2, -0.15) is 0 Å². The molecule has 0 aliphatic carbocycles. The average molecular weight is 206 g/mol. The maximum atomic E-state index is 12.0. The standard InChI is InChI=1S/C12H14O3/c1-14-10-6-3-2-5-9(10)12(13)11-7-4-8-15-11/h2-3,5-6,11H,4,7-8H2,1H3. The molecule has 0 aromatic heterocycles. The van der Waals surface area contributed by atoms with Crippen LogP contribution in [0.2, 0.25) is 0 Å². The number of carbonyl (C=O) groups is 1. The Bertz CT molecular complexity index is 354. The minimum absolute atomic E-state index is 0.0324. The van der Waals surface area contributed by atoms with Gasteiger partial charge < -0.3 is 9.47 Å². The summed E-state index contributed by atoms with van der Waals surface area (Å²) >= 11 is 0. The van der Waals surface area contributed by atoms with E-state index >= 15 is 0 Å². The first-order valence-corrected chi connectivity index (χ1v) is 5.12. The third-order valence-corrected chi connectivity index (χ3v) is 2.59. The van der Waals surface area contributed by atoms with Crippen LogP contribution in [-0.4, -0.2) is 25.6 Å². The highest BCUT2D eigenvalue weighted by atomic mass is 16.5. The Kier molecular flexibility index (Phi) is 3.02. The molecule has 0 bridgehead atoms. The van der Waals surface area contributed by atoms with Crippen molar-refractivity contribution in [2.24, 2.45) is 0 Å². The van der Waals surface area contributed by atoms with Gasteiger partial charge in [0.05, 0.1) is 12.7 Å². The molecule has 1 aliphatic heterocycles. The molecule has 0 amide bonds. The summed E-state index contributed by atoms with van der Waals surface area (Å²) in [7, 11) is 1.57. The van der Waals surface area contributed by atoms with Gasteiger partial charge in [0.2, 0.25) is 0 Å². The van der Waals surface area contributed by atoms with Gasteiger partial charge in [-0.05, 0) is 25.0 Å². The van der Waals surface area contributed by atoms with Crippen molar-refractivity contribution in [3.8, 4) is 5.75 Å². The lowest BCUT2D eigenvalue weighted by atomic mass is 10.0. The van der Waals surface area contributed by atoms with Crippen molar-refractivity contribution in [3.63, 3.8) is 0 Å². The minimum Gasteiger partial charge on any atom is -0.496 e. The summed E-state index contributed by atoms with van der Waals surface area (Å²) in [6, 6.07) is 7.26. The van der Waals surface area contributed by atoms with E-state index in [2.05, 4.69) is 0 Å². The van der Waals surface area contributed by atoms with Crippen LogP contribution in [0.25, 0.3) is 0 Å². The Morgan fingerprint density at radius 1 is 1.47 bits per heavy atom. The molecule has 0 radical (unpaired) electrons. The number of ether oxygens (including phenoxy) is 2. The molecule has 3 heteroatoms. The normalized spacial score (nSPS) is 20.2. The van der Waals surface area contributed by atoms with E-state index in [-0.39, 0.29) is 11.9 Å². The van der Waals surface area contributed by atoms with Gasteiger partial charge in [-0.3, -0.25) is 4.79 Å². The molecule has 15 heavy (non-hydrogen) atoms. The molecule has 2 rings (SSSR count). The molecular weight excluding hydrogens is 192 g/mol. The Labute approximate surface area is 89.0 Å². The molecule has 0 spiro atoms. The lowest BCUT2D eigenvalue weighted by molar-refractivity contribution is 0.0640. The summed E-state index contributed by atoms with van der Waals surface area (Å²) in [6.45, 7) is 0.686. The number of rotatable bonds is 3. The summed E-state index contributed by atoms with van der Waals surface area (Å²) in [5, 5.41) is 0. The Morgan fingerprint density at radius 3 is 2.93 bits per heavy atom. The first-order valence-electron chi connectivity index (χ1n) is 5.12. The van der Waals surface area contributed by atoms with Gasteiger partial charge in [-0.25, -0.2) is 0 Å². The smallest absolute Gasteiger partial charge is 0.195 e. The molecule has 1 saturated heterocycles. The zero-order valence-corrected chi connectivity index (χ0v) is 8.73. The Hall–Kier alpha value is -1.35. The molecule has 1 atom stereocenters. The van der Waals surface area contributed by atoms with Crippen molar-refractivity contribution in [2.75, 3.05) is 13.7 Å². The fraction of sp³-hybridized carbons (Fsp3) is 0.417. The average Bonchev–Trinajstić information content (AvgIpc) is 2.81. The molecule has 1 heterocycles. The van der Waals surface area contributed by atoms with E-state index in [0.717, 1.165) is 12.8 Å². The third kappa shape index (κ3) is 2.02. The fourth-order valence-electron chi connectivity index (χ4n) is 1.81. The maximum absolute atomic E-state index is 12.0. The highest BCUT2D eigenvalue weighted by Gasteiger charge is 2.26. The Morgan fingerprint density at radius 2 is 2.27 bits per heavy atom. The second-order valence-corrected chi connectivity index (χ2v) is 3.57. The van der Waals surface area contributed by atoms with Gasteiger partial charge in [0.25, 0.3) is 0 Å². The van der Waals surface area contributed by atoms with E-state index in [0.29, 0.717) is 17.9 Å². The lowest BCUT2D eigenvalue weighted by Gasteiger charge is -2.11. The highest BCUT2D eigenvalue weighted by molar-refractivity contribution is 6.01. The molecule has 0 saturated carbocycles. The molecule has 80 valence electrons. The van der Waals surface area contributed by atoms with Gasteiger partial charge in [-0.1, -0.05) is 12.1 Å². The molecule has 1 aromatic rings. The summed E-state index contributed by atoms with van der Waals surface area (Å²) in [5.74, 6) is 0.656. The van der Waals surface area contributed by atoms with Crippen LogP contribution in [-0.2, 0) is 4.74 Å². The number of methoxy groups -OCH3 is 1. The third-order valence-electron chi connectivity index (χ3n) is 2.59. The van der Waals surface area contributed by atoms with E-state index in [1.807, 2.05) is 12.1 Å². The summed E-state index contributed by atoms with van der Waals surface area (Å²) in [6.07, 6.45) is 1.50. The summed E-state index contributed by atoms with van der Waals surface area (Å²) in [5.41, 5.74) is 0.618. The second kappa shape index (κ2) is 4.45. The van der Waals surface area contributed by atoms with Crippen LogP contribution in [0.3, 0.4) is 0 Å². The number of para-hydroxylation sites is 1. The van der Waals surface area contributed by atoms with Crippen molar-refractivity contribution in [3.05, 3.63) is 29.8 Å². The lowest BCUT2D eigenvalue weighted by Crippen LogP contribution is -2.20. The number of Topliss-reactive ketones (excluding diaryl/α,β-unsaturated/α-hetero) is 1. The van der Waals surface area contributed by atoms with Gasteiger partial charge in [-0.15, -0.1) is 0 Å². The van der Waals surface area contributed by atoms with Crippen LogP contribution in [0.4, 0.5) is 0 Å². The first kappa shape index (κ1) is 10.2. The number of benzene rings is 1. The van der Waals surface area contributed by atoms with E-state index in [9.17, 15) is 4.79 Å². The van der Waals surface area contributed by atoms with Crippen molar-refractivity contribution in [1.29, 1.82) is 0 Å². The van der Waals surface area contributed by atoms with E-state index < -0.39 is 0 Å². The number of ketones is 1. The quantitative estimate of drug-likeness (QED) is 0.710. The van der Waals surface area contributed by atoms with Gasteiger partial charge in [0.15, 0.2) is 5.78 Å². The van der Waals surface area contributed by atoms with E-state index in [1.54, 1.807) is 19.2 Å². The largest absolute Gasteiger partial charge is 0.496 e. The van der Waals surface area contributed by atoms with Gasteiger partial charge in [0, 0.05) is 6.61 Å². The van der Waals surface area contributed by atoms with Crippen LogP contribution < -0.4 is 4.74 Å². The predicted octanol–water partition coefficient (Wildman–Crippen LogP) is 2.06. The summed E-state index contributed by atoms with van der Waals surface area (Å²) in [4.78, 5) is 12.0. The summed E-state index contributed by atoms with van der Waals surface area (Å²) < 4.78 is 10.5. The highest BCUT2D eigenvalue weighted by Crippen LogP contribution is 2.23. The predicted molar refractivity (Wildman–Crippen MR) is 56.3 cm³/mol. The topological polar surface area (TPSA) is 35.5 Å². The first-order chi connectivity index (χ1) is 7.33. The molecule has 1 unspecified atom stereocenters. The fourth-order valence-corrected chi connectivity index (χ4v) is 1.81. The van der Waals surface area contributed by atoms with Crippen LogP contribution >= 0.6 is 0 Å². The molecule has 0 N–H and O–H groups in total. The molecule has 1 aliphatic rings. The zero-order chi connectivity index (χ0) is 10.7. The van der Waals surface area contributed by atoms with Crippen molar-refractivity contribution in [1.82, 2.24) is 0 Å². The van der Waals surface area contributed by atoms with Crippen LogP contribution in [0.1, 0.15) is 23.2 Å². The SMILES string of the molecule is COc1ccccc1C(=O)C1CCCO1. The molecule has 3 nitrogen and oxygen atoms in total. The van der Waals surface area contributed by atoms with Crippen LogP contribution in [0.15, 0.2) is 24.3 Å². The van der Waals surface area contributed by atoms with Gasteiger partial charge >= 0.3 is 0 Å². The van der Waals surface area contributed by atoms with Gasteiger partial charge in [0.1, 0.15) is 11.9 Å². The maximum Gasteiger partial charge on any atom is 0.195 e. The molecule has 1 fully saturated rings. The van der Waals surface area contributed by atoms with E-state index in [4.69, 9.17) is 9.47 Å². The Balaban J connectivity index is 2.24. The van der Waals surface area contributed by atoms with Crippen molar-refractivity contribution >= 4 is 5.78 Å². The van der Waals surface area contributed by atoms with Crippen LogP contribution in [0, 0.1) is 0 Å². The van der Waals surface area contributed by atoms with Crippen molar-refractivity contribution in [2.45, 2.75) is 18.9 Å². The zero-order valence-electron chi connectivity index (χ0n) is 8.73. The number of hydrogen-bond donors (Lipinski definition) is 0.